The standard InChI is InChI=1S/C35H54FN7O4/c1-7-30(44)39-31(35(47)42-19-18-41(8-2)23(5)21-42)24(6)26-14-15-28(27(36)20-26)38-34(46)32(25-12-10-22(4)11-13-25)40-33(45)29-16-17-37-43(29)9-3/h14-17,20,22-25,30-32,39,44H,7-13,18-19,21H2,1-6H3,(H,38,46)(H,40,45)/t22?,23-,24+,25?,30?,31-,32+/m1/s1. The van der Waals surface area contributed by atoms with Gasteiger partial charge < -0.3 is 20.6 Å². The fourth-order valence-electron chi connectivity index (χ4n) is 6.94. The minimum atomic E-state index is -0.893. The van der Waals surface area contributed by atoms with Crippen molar-refractivity contribution in [2.24, 2.45) is 11.8 Å². The third-order valence-electron chi connectivity index (χ3n) is 10.1. The Morgan fingerprint density at radius 2 is 1.77 bits per heavy atom. The van der Waals surface area contributed by atoms with Gasteiger partial charge in [-0.05, 0) is 75.3 Å². The summed E-state index contributed by atoms with van der Waals surface area (Å²) < 4.78 is 17.3. The van der Waals surface area contributed by atoms with E-state index < -0.39 is 41.9 Å². The summed E-state index contributed by atoms with van der Waals surface area (Å²) in [5, 5.41) is 23.4. The normalized spacial score (nSPS) is 23.1. The van der Waals surface area contributed by atoms with Crippen molar-refractivity contribution in [1.29, 1.82) is 0 Å². The first-order valence-electron chi connectivity index (χ1n) is 17.4. The monoisotopic (exact) mass is 655 g/mol. The highest BCUT2D eigenvalue weighted by Gasteiger charge is 2.36. The minimum absolute atomic E-state index is 0.00178. The van der Waals surface area contributed by atoms with Crippen molar-refractivity contribution >= 4 is 23.4 Å². The fraction of sp³-hybridized carbons (Fsp3) is 0.657. The summed E-state index contributed by atoms with van der Waals surface area (Å²) in [4.78, 5) is 44.9. The van der Waals surface area contributed by atoms with Gasteiger partial charge in [-0.2, -0.15) is 5.10 Å². The Morgan fingerprint density at radius 3 is 2.38 bits per heavy atom. The summed E-state index contributed by atoms with van der Waals surface area (Å²) in [6, 6.07) is 4.77. The molecule has 260 valence electrons. The quantitative estimate of drug-likeness (QED) is 0.241. The second-order valence-corrected chi connectivity index (χ2v) is 13.4. The fourth-order valence-corrected chi connectivity index (χ4v) is 6.94. The first-order chi connectivity index (χ1) is 22.5. The summed E-state index contributed by atoms with van der Waals surface area (Å²) in [5.74, 6) is -1.64. The van der Waals surface area contributed by atoms with Crippen molar-refractivity contribution < 1.29 is 23.9 Å². The van der Waals surface area contributed by atoms with Gasteiger partial charge in [0.15, 0.2) is 0 Å². The molecular formula is C35H54FN7O4. The Hall–Kier alpha value is -3.35. The molecule has 1 aliphatic heterocycles. The molecular weight excluding hydrogens is 601 g/mol. The van der Waals surface area contributed by atoms with E-state index in [0.29, 0.717) is 43.2 Å². The van der Waals surface area contributed by atoms with E-state index in [9.17, 15) is 19.5 Å². The lowest BCUT2D eigenvalue weighted by Crippen LogP contribution is -2.59. The average molecular weight is 656 g/mol. The van der Waals surface area contributed by atoms with Crippen LogP contribution in [0.2, 0.25) is 0 Å². The Morgan fingerprint density at radius 1 is 1.04 bits per heavy atom. The van der Waals surface area contributed by atoms with Crippen LogP contribution >= 0.6 is 0 Å². The van der Waals surface area contributed by atoms with E-state index in [2.05, 4.69) is 46.7 Å². The number of amides is 3. The van der Waals surface area contributed by atoms with Gasteiger partial charge in [-0.15, -0.1) is 0 Å². The number of likely N-dealkylation sites (N-methyl/N-ethyl adjacent to an activating group) is 1. The number of benzene rings is 1. The number of nitrogens with zero attached hydrogens (tertiary/aromatic N) is 4. The molecule has 0 spiro atoms. The molecule has 1 aliphatic carbocycles. The number of aliphatic hydroxyl groups excluding tert-OH is 1. The number of carbonyl (C=O) groups excluding carboxylic acids is 3. The Balaban J connectivity index is 1.51. The number of aromatic nitrogens is 2. The molecule has 4 rings (SSSR count). The Kier molecular flexibility index (Phi) is 12.9. The van der Waals surface area contributed by atoms with E-state index >= 15 is 4.39 Å². The van der Waals surface area contributed by atoms with Crippen molar-refractivity contribution in [3.05, 3.63) is 47.5 Å². The third-order valence-corrected chi connectivity index (χ3v) is 10.1. The second-order valence-electron chi connectivity index (χ2n) is 13.4. The van der Waals surface area contributed by atoms with E-state index in [-0.39, 0.29) is 23.6 Å². The van der Waals surface area contributed by atoms with Crippen LogP contribution in [0.5, 0.6) is 0 Å². The van der Waals surface area contributed by atoms with Crippen molar-refractivity contribution in [3.63, 3.8) is 0 Å². The molecule has 11 nitrogen and oxygen atoms in total. The molecule has 4 N–H and O–H groups in total. The smallest absolute Gasteiger partial charge is 0.270 e. The van der Waals surface area contributed by atoms with E-state index in [0.717, 1.165) is 38.8 Å². The second kappa shape index (κ2) is 16.7. The average Bonchev–Trinajstić information content (AvgIpc) is 3.56. The maximum absolute atomic E-state index is 15.7. The van der Waals surface area contributed by atoms with Crippen LogP contribution in [-0.4, -0.2) is 92.9 Å². The lowest BCUT2D eigenvalue weighted by atomic mass is 9.79. The zero-order valence-electron chi connectivity index (χ0n) is 28.8. The van der Waals surface area contributed by atoms with E-state index in [1.807, 2.05) is 25.7 Å². The summed E-state index contributed by atoms with van der Waals surface area (Å²) in [5.41, 5.74) is 0.933. The van der Waals surface area contributed by atoms with Crippen LogP contribution in [0.3, 0.4) is 0 Å². The van der Waals surface area contributed by atoms with Gasteiger partial charge in [0.1, 0.15) is 23.8 Å². The largest absolute Gasteiger partial charge is 0.379 e. The lowest BCUT2D eigenvalue weighted by Gasteiger charge is -2.41. The van der Waals surface area contributed by atoms with Gasteiger partial charge in [0, 0.05) is 44.3 Å². The molecule has 1 aromatic carbocycles. The number of anilines is 1. The predicted molar refractivity (Wildman–Crippen MR) is 180 cm³/mol. The predicted octanol–water partition coefficient (Wildman–Crippen LogP) is 3.95. The number of hydrogen-bond donors (Lipinski definition) is 4. The number of nitrogens with one attached hydrogen (secondary N) is 3. The molecule has 1 unspecified atom stereocenters. The highest BCUT2D eigenvalue weighted by Crippen LogP contribution is 2.32. The summed E-state index contributed by atoms with van der Waals surface area (Å²) in [6.45, 7) is 15.3. The van der Waals surface area contributed by atoms with Crippen molar-refractivity contribution in [2.45, 2.75) is 110 Å². The molecule has 2 heterocycles. The molecule has 0 radical (unpaired) electrons. The Labute approximate surface area is 278 Å². The van der Waals surface area contributed by atoms with Crippen molar-refractivity contribution in [2.75, 3.05) is 31.5 Å². The van der Waals surface area contributed by atoms with Gasteiger partial charge in [-0.25, -0.2) is 4.39 Å². The van der Waals surface area contributed by atoms with Gasteiger partial charge in [0.05, 0.1) is 11.7 Å². The van der Waals surface area contributed by atoms with Gasteiger partial charge in [-0.1, -0.05) is 46.6 Å². The number of aryl methyl sites for hydroxylation is 1. The van der Waals surface area contributed by atoms with E-state index in [1.165, 1.54) is 12.1 Å². The molecule has 1 aromatic heterocycles. The highest BCUT2D eigenvalue weighted by atomic mass is 19.1. The summed E-state index contributed by atoms with van der Waals surface area (Å²) in [6.07, 6.45) is 4.53. The number of carbonyl (C=O) groups is 3. The van der Waals surface area contributed by atoms with Crippen LogP contribution in [0.1, 0.15) is 95.6 Å². The Bertz CT molecular complexity index is 1360. The van der Waals surface area contributed by atoms with E-state index in [4.69, 9.17) is 0 Å². The van der Waals surface area contributed by atoms with Gasteiger partial charge in [-0.3, -0.25) is 29.3 Å². The molecule has 3 amide bonds. The van der Waals surface area contributed by atoms with Crippen LogP contribution in [0, 0.1) is 17.7 Å². The number of piperazine rings is 1. The third kappa shape index (κ3) is 8.97. The maximum atomic E-state index is 15.7. The molecule has 0 bridgehead atoms. The number of aliphatic hydroxyl groups is 1. The van der Waals surface area contributed by atoms with E-state index in [1.54, 1.807) is 23.0 Å². The van der Waals surface area contributed by atoms with Crippen LogP contribution in [0.25, 0.3) is 0 Å². The van der Waals surface area contributed by atoms with Crippen LogP contribution in [0.15, 0.2) is 30.5 Å². The zero-order chi connectivity index (χ0) is 34.2. The topological polar surface area (TPSA) is 132 Å². The maximum Gasteiger partial charge on any atom is 0.270 e. The molecule has 2 aromatic rings. The molecule has 12 heteroatoms. The molecule has 1 saturated heterocycles. The van der Waals surface area contributed by atoms with Gasteiger partial charge in [0.2, 0.25) is 11.8 Å². The summed E-state index contributed by atoms with van der Waals surface area (Å²) >= 11 is 0. The first kappa shape index (κ1) is 36.5. The van der Waals surface area contributed by atoms with Crippen LogP contribution in [0.4, 0.5) is 10.1 Å². The van der Waals surface area contributed by atoms with Crippen LogP contribution in [-0.2, 0) is 16.1 Å². The molecule has 1 saturated carbocycles. The summed E-state index contributed by atoms with van der Waals surface area (Å²) in [7, 11) is 0. The minimum Gasteiger partial charge on any atom is -0.379 e. The van der Waals surface area contributed by atoms with Crippen molar-refractivity contribution in [3.8, 4) is 0 Å². The lowest BCUT2D eigenvalue weighted by molar-refractivity contribution is -0.138. The molecule has 2 fully saturated rings. The number of hydrogen-bond acceptors (Lipinski definition) is 7. The van der Waals surface area contributed by atoms with Crippen LogP contribution < -0.4 is 16.0 Å². The van der Waals surface area contributed by atoms with Crippen molar-refractivity contribution in [1.82, 2.24) is 30.2 Å². The molecule has 2 aliphatic rings. The molecule has 47 heavy (non-hydrogen) atoms. The molecule has 5 atom stereocenters. The zero-order valence-corrected chi connectivity index (χ0v) is 28.8. The first-order valence-corrected chi connectivity index (χ1v) is 17.4. The number of halogens is 1. The SMILES string of the molecule is CCC(O)N[C@@H](C(=O)N1CCN(CC)[C@H](C)C1)[C@@H](C)c1ccc(NC(=O)[C@@H](NC(=O)c2ccnn2CC)C2CCC(C)CC2)c(F)c1. The number of rotatable bonds is 13. The van der Waals surface area contributed by atoms with Gasteiger partial charge >= 0.3 is 0 Å². The highest BCUT2D eigenvalue weighted by molar-refractivity contribution is 6.00. The van der Waals surface area contributed by atoms with Gasteiger partial charge in [0.25, 0.3) is 5.91 Å².